The van der Waals surface area contributed by atoms with E-state index in [9.17, 15) is 14.7 Å². The number of carboxylic acid groups (broad SMARTS) is 1. The molecule has 1 saturated heterocycles. The number of halogens is 1. The van der Waals surface area contributed by atoms with Crippen molar-refractivity contribution in [2.75, 3.05) is 13.7 Å². The van der Waals surface area contributed by atoms with Crippen LogP contribution in [0.15, 0.2) is 22.7 Å². The summed E-state index contributed by atoms with van der Waals surface area (Å²) in [6.07, 6.45) is -0.750. The Kier molecular flexibility index (Phi) is 4.29. The van der Waals surface area contributed by atoms with Gasteiger partial charge in [0, 0.05) is 18.5 Å². The molecule has 0 bridgehead atoms. The second kappa shape index (κ2) is 5.80. The number of carbonyl (C=O) groups excluding carboxylic acids is 1. The maximum absolute atomic E-state index is 12.3. The molecule has 20 heavy (non-hydrogen) atoms. The van der Waals surface area contributed by atoms with Crippen LogP contribution in [-0.2, 0) is 4.79 Å². The molecule has 1 aliphatic rings. The highest BCUT2D eigenvalue weighted by atomic mass is 79.9. The predicted molar refractivity (Wildman–Crippen MR) is 73.8 cm³/mol. The molecule has 0 saturated carbocycles. The number of methoxy groups -OCH3 is 1. The van der Waals surface area contributed by atoms with Crippen molar-refractivity contribution >= 4 is 27.8 Å². The standard InChI is InChI=1S/C13H14BrNO5/c1-20-11-3-2-7(4-9(11)14)12(17)15-6-8(16)5-10(15)13(18)19/h2-4,8,10,16H,5-6H2,1H3,(H,18,19)/t8?,10-/m0/s1. The molecule has 0 aliphatic carbocycles. The second-order valence-electron chi connectivity index (χ2n) is 4.55. The third-order valence-corrected chi connectivity index (χ3v) is 3.84. The lowest BCUT2D eigenvalue weighted by molar-refractivity contribution is -0.141. The molecule has 1 unspecified atom stereocenters. The molecule has 0 radical (unpaired) electrons. The number of ether oxygens (including phenoxy) is 1. The average molecular weight is 344 g/mol. The minimum absolute atomic E-state index is 0.0272. The zero-order valence-corrected chi connectivity index (χ0v) is 12.3. The molecule has 108 valence electrons. The number of aliphatic hydroxyl groups is 1. The van der Waals surface area contributed by atoms with Crippen LogP contribution in [0.5, 0.6) is 5.75 Å². The van der Waals surface area contributed by atoms with Crippen molar-refractivity contribution in [2.45, 2.75) is 18.6 Å². The number of aliphatic carboxylic acids is 1. The summed E-state index contributed by atoms with van der Waals surface area (Å²) in [4.78, 5) is 24.7. The van der Waals surface area contributed by atoms with Gasteiger partial charge in [-0.15, -0.1) is 0 Å². The van der Waals surface area contributed by atoms with E-state index >= 15 is 0 Å². The SMILES string of the molecule is COc1ccc(C(=O)N2CC(O)C[C@H]2C(=O)O)cc1Br. The Hall–Kier alpha value is -1.60. The molecule has 1 aromatic carbocycles. The maximum atomic E-state index is 12.3. The Morgan fingerprint density at radius 3 is 2.70 bits per heavy atom. The molecule has 1 heterocycles. The fraction of sp³-hybridized carbons (Fsp3) is 0.385. The van der Waals surface area contributed by atoms with Gasteiger partial charge in [-0.25, -0.2) is 4.79 Å². The number of aliphatic hydroxyl groups excluding tert-OH is 1. The van der Waals surface area contributed by atoms with Crippen LogP contribution in [0.1, 0.15) is 16.8 Å². The maximum Gasteiger partial charge on any atom is 0.326 e. The van der Waals surface area contributed by atoms with Crippen LogP contribution in [0.3, 0.4) is 0 Å². The van der Waals surface area contributed by atoms with Gasteiger partial charge in [-0.05, 0) is 34.1 Å². The van der Waals surface area contributed by atoms with Crippen LogP contribution in [-0.4, -0.2) is 52.8 Å². The van der Waals surface area contributed by atoms with Gasteiger partial charge in [-0.2, -0.15) is 0 Å². The third kappa shape index (κ3) is 2.78. The van der Waals surface area contributed by atoms with Crippen LogP contribution in [0.4, 0.5) is 0 Å². The highest BCUT2D eigenvalue weighted by Crippen LogP contribution is 2.27. The lowest BCUT2D eigenvalue weighted by atomic mass is 10.1. The quantitative estimate of drug-likeness (QED) is 0.858. The number of carboxylic acids is 1. The molecule has 2 atom stereocenters. The molecular formula is C13H14BrNO5. The molecular weight excluding hydrogens is 330 g/mol. The number of rotatable bonds is 3. The Labute approximate surface area is 124 Å². The Morgan fingerprint density at radius 2 is 2.15 bits per heavy atom. The molecule has 1 fully saturated rings. The average Bonchev–Trinajstić information content (AvgIpc) is 2.80. The monoisotopic (exact) mass is 343 g/mol. The zero-order valence-electron chi connectivity index (χ0n) is 10.7. The molecule has 1 aromatic rings. The first-order chi connectivity index (χ1) is 9.43. The molecule has 1 amide bonds. The van der Waals surface area contributed by atoms with Crippen LogP contribution in [0.25, 0.3) is 0 Å². The van der Waals surface area contributed by atoms with Crippen molar-refractivity contribution in [1.82, 2.24) is 4.90 Å². The highest BCUT2D eigenvalue weighted by Gasteiger charge is 2.39. The number of β-amino-alcohol motifs (C(OH)–C–C–N with tert-alkyl or cyclic N) is 1. The van der Waals surface area contributed by atoms with E-state index in [1.54, 1.807) is 18.2 Å². The summed E-state index contributed by atoms with van der Waals surface area (Å²) in [7, 11) is 1.51. The van der Waals surface area contributed by atoms with Crippen LogP contribution in [0.2, 0.25) is 0 Å². The molecule has 1 aliphatic heterocycles. The molecule has 0 spiro atoms. The number of likely N-dealkylation sites (tertiary alicyclic amines) is 1. The van der Waals surface area contributed by atoms with E-state index in [2.05, 4.69) is 15.9 Å². The van der Waals surface area contributed by atoms with E-state index in [0.717, 1.165) is 0 Å². The number of benzene rings is 1. The van der Waals surface area contributed by atoms with Gasteiger partial charge >= 0.3 is 5.97 Å². The summed E-state index contributed by atoms with van der Waals surface area (Å²) >= 11 is 3.28. The van der Waals surface area contributed by atoms with E-state index < -0.39 is 24.0 Å². The molecule has 2 N–H and O–H groups in total. The number of hydrogen-bond donors (Lipinski definition) is 2. The largest absolute Gasteiger partial charge is 0.496 e. The lowest BCUT2D eigenvalue weighted by Gasteiger charge is -2.21. The van der Waals surface area contributed by atoms with E-state index in [-0.39, 0.29) is 13.0 Å². The first-order valence-corrected chi connectivity index (χ1v) is 6.78. The summed E-state index contributed by atoms with van der Waals surface area (Å²) in [6.45, 7) is 0.0272. The fourth-order valence-electron chi connectivity index (χ4n) is 2.24. The normalized spacial score (nSPS) is 21.9. The van der Waals surface area contributed by atoms with Crippen molar-refractivity contribution in [3.63, 3.8) is 0 Å². The van der Waals surface area contributed by atoms with E-state index in [0.29, 0.717) is 15.8 Å². The van der Waals surface area contributed by atoms with Gasteiger partial charge in [-0.3, -0.25) is 4.79 Å². The van der Waals surface area contributed by atoms with Crippen molar-refractivity contribution < 1.29 is 24.5 Å². The highest BCUT2D eigenvalue weighted by molar-refractivity contribution is 9.10. The number of carbonyl (C=O) groups is 2. The molecule has 0 aromatic heterocycles. The van der Waals surface area contributed by atoms with Crippen molar-refractivity contribution in [1.29, 1.82) is 0 Å². The Balaban J connectivity index is 2.26. The summed E-state index contributed by atoms with van der Waals surface area (Å²) in [5.41, 5.74) is 0.345. The van der Waals surface area contributed by atoms with Crippen LogP contribution >= 0.6 is 15.9 Å². The van der Waals surface area contributed by atoms with Gasteiger partial charge in [0.15, 0.2) is 0 Å². The summed E-state index contributed by atoms with van der Waals surface area (Å²) in [5.74, 6) is -0.947. The summed E-state index contributed by atoms with van der Waals surface area (Å²) in [6, 6.07) is 3.78. The van der Waals surface area contributed by atoms with Crippen molar-refractivity contribution in [3.05, 3.63) is 28.2 Å². The zero-order chi connectivity index (χ0) is 14.9. The second-order valence-corrected chi connectivity index (χ2v) is 5.40. The van der Waals surface area contributed by atoms with Gasteiger partial charge in [0.1, 0.15) is 11.8 Å². The van der Waals surface area contributed by atoms with Gasteiger partial charge in [0.25, 0.3) is 5.91 Å². The minimum atomic E-state index is -1.11. The number of hydrogen-bond acceptors (Lipinski definition) is 4. The first-order valence-electron chi connectivity index (χ1n) is 5.99. The van der Waals surface area contributed by atoms with E-state index in [4.69, 9.17) is 9.84 Å². The minimum Gasteiger partial charge on any atom is -0.496 e. The first kappa shape index (κ1) is 14.8. The van der Waals surface area contributed by atoms with Crippen molar-refractivity contribution in [2.24, 2.45) is 0 Å². The van der Waals surface area contributed by atoms with Gasteiger partial charge in [0.2, 0.25) is 0 Å². The topological polar surface area (TPSA) is 87.1 Å². The summed E-state index contributed by atoms with van der Waals surface area (Å²) < 4.78 is 5.68. The van der Waals surface area contributed by atoms with E-state index in [1.165, 1.54) is 12.0 Å². The van der Waals surface area contributed by atoms with Crippen LogP contribution in [0, 0.1) is 0 Å². The van der Waals surface area contributed by atoms with Crippen molar-refractivity contribution in [3.8, 4) is 5.75 Å². The Bertz CT molecular complexity index is 548. The van der Waals surface area contributed by atoms with Crippen LogP contribution < -0.4 is 4.74 Å². The lowest BCUT2D eigenvalue weighted by Crippen LogP contribution is -2.40. The number of nitrogens with zero attached hydrogens (tertiary/aromatic N) is 1. The fourth-order valence-corrected chi connectivity index (χ4v) is 2.78. The van der Waals surface area contributed by atoms with Gasteiger partial charge in [-0.1, -0.05) is 0 Å². The number of amides is 1. The van der Waals surface area contributed by atoms with Gasteiger partial charge in [0.05, 0.1) is 17.7 Å². The summed E-state index contributed by atoms with van der Waals surface area (Å²) in [5, 5.41) is 18.7. The predicted octanol–water partition coefficient (Wildman–Crippen LogP) is 1.12. The third-order valence-electron chi connectivity index (χ3n) is 3.22. The molecule has 2 rings (SSSR count). The molecule has 7 heteroatoms. The molecule has 6 nitrogen and oxygen atoms in total. The smallest absolute Gasteiger partial charge is 0.326 e. The van der Waals surface area contributed by atoms with E-state index in [1.807, 2.05) is 0 Å². The Morgan fingerprint density at radius 1 is 1.45 bits per heavy atom. The van der Waals surface area contributed by atoms with Gasteiger partial charge < -0.3 is 19.8 Å².